The lowest BCUT2D eigenvalue weighted by Crippen LogP contribution is -2.55. The second kappa shape index (κ2) is 11.2. The number of carbonyl (C=O) groups excluding carboxylic acids is 1. The van der Waals surface area contributed by atoms with Crippen LogP contribution in [0.3, 0.4) is 0 Å². The third kappa shape index (κ3) is 6.05. The Labute approximate surface area is 196 Å². The number of nitrogens with zero attached hydrogens (tertiary/aromatic N) is 3. The number of nitrogens with one attached hydrogen (secondary N) is 1. The Morgan fingerprint density at radius 2 is 1.61 bits per heavy atom. The molecule has 0 spiro atoms. The minimum absolute atomic E-state index is 0.198. The molecule has 1 saturated carbocycles. The largest absolute Gasteiger partial charge is 0.497 e. The molecule has 2 aliphatic rings. The highest BCUT2D eigenvalue weighted by Gasteiger charge is 2.27. The Hall–Kier alpha value is -3.06. The van der Waals surface area contributed by atoms with Gasteiger partial charge in [0, 0.05) is 37.8 Å². The first-order valence-corrected chi connectivity index (χ1v) is 11.8. The topological polar surface area (TPSA) is 66.4 Å². The molecule has 2 aromatic carbocycles. The predicted molar refractivity (Wildman–Crippen MR) is 131 cm³/mol. The van der Waals surface area contributed by atoms with E-state index in [0.29, 0.717) is 23.3 Å². The van der Waals surface area contributed by atoms with E-state index in [1.165, 1.54) is 32.1 Å². The highest BCUT2D eigenvalue weighted by molar-refractivity contribution is 6.06. The maximum atomic E-state index is 13.1. The number of carbonyl (C=O) groups is 1. The van der Waals surface area contributed by atoms with Crippen LogP contribution in [0, 0.1) is 0 Å². The Balaban J connectivity index is 1.51. The molecular weight excluding hydrogens is 416 g/mol. The molecule has 1 amide bonds. The van der Waals surface area contributed by atoms with Crippen LogP contribution in [0.25, 0.3) is 0 Å². The van der Waals surface area contributed by atoms with Gasteiger partial charge >= 0.3 is 0 Å². The fraction of sp³-hybridized carbons (Fsp3) is 0.462. The van der Waals surface area contributed by atoms with Gasteiger partial charge in [0.2, 0.25) is 5.96 Å². The average Bonchev–Trinajstić information content (AvgIpc) is 2.89. The summed E-state index contributed by atoms with van der Waals surface area (Å²) in [6.45, 7) is 3.65. The van der Waals surface area contributed by atoms with Crippen LogP contribution in [-0.4, -0.2) is 68.1 Å². The quantitative estimate of drug-likeness (QED) is 0.549. The minimum Gasteiger partial charge on any atom is -0.497 e. The second-order valence-corrected chi connectivity index (χ2v) is 8.63. The van der Waals surface area contributed by atoms with Gasteiger partial charge < -0.3 is 14.4 Å². The van der Waals surface area contributed by atoms with Crippen molar-refractivity contribution in [2.24, 2.45) is 4.99 Å². The standard InChI is InChI=1S/C26H34N4O3/c1-32-23-13-11-21(12-14-23)27-26(28-25(31)20-7-6-10-24(19-20)33-2)30-17-15-29(16-18-30)22-8-4-3-5-9-22/h6-7,10-14,19,22H,3-5,8-9,15-18H2,1-2H3,(H,27,28,31). The van der Waals surface area contributed by atoms with Crippen molar-refractivity contribution in [1.82, 2.24) is 15.1 Å². The van der Waals surface area contributed by atoms with Gasteiger partial charge in [-0.1, -0.05) is 25.3 Å². The highest BCUT2D eigenvalue weighted by Crippen LogP contribution is 2.24. The first-order valence-electron chi connectivity index (χ1n) is 11.8. The van der Waals surface area contributed by atoms with E-state index in [4.69, 9.17) is 14.5 Å². The van der Waals surface area contributed by atoms with Crippen molar-refractivity contribution in [1.29, 1.82) is 0 Å². The second-order valence-electron chi connectivity index (χ2n) is 8.63. The zero-order valence-electron chi connectivity index (χ0n) is 19.6. The van der Waals surface area contributed by atoms with Gasteiger partial charge in [-0.05, 0) is 55.3 Å². The van der Waals surface area contributed by atoms with Crippen LogP contribution in [0.15, 0.2) is 53.5 Å². The molecule has 7 nitrogen and oxygen atoms in total. The van der Waals surface area contributed by atoms with Crippen molar-refractivity contribution in [3.05, 3.63) is 54.1 Å². The molecule has 2 aromatic rings. The molecule has 1 N–H and O–H groups in total. The fourth-order valence-electron chi connectivity index (χ4n) is 4.64. The Morgan fingerprint density at radius 1 is 0.909 bits per heavy atom. The van der Waals surface area contributed by atoms with Crippen molar-refractivity contribution >= 4 is 17.6 Å². The van der Waals surface area contributed by atoms with Gasteiger partial charge in [0.15, 0.2) is 0 Å². The van der Waals surface area contributed by atoms with Gasteiger partial charge in [0.25, 0.3) is 5.91 Å². The van der Waals surface area contributed by atoms with E-state index in [2.05, 4.69) is 15.1 Å². The van der Waals surface area contributed by atoms with Crippen molar-refractivity contribution in [3.63, 3.8) is 0 Å². The smallest absolute Gasteiger partial charge is 0.258 e. The first kappa shape index (κ1) is 23.1. The number of guanidine groups is 1. The number of piperazine rings is 1. The van der Waals surface area contributed by atoms with Crippen LogP contribution in [0.5, 0.6) is 11.5 Å². The van der Waals surface area contributed by atoms with E-state index in [9.17, 15) is 4.79 Å². The van der Waals surface area contributed by atoms with E-state index in [0.717, 1.165) is 37.6 Å². The van der Waals surface area contributed by atoms with Crippen LogP contribution < -0.4 is 14.8 Å². The third-order valence-electron chi connectivity index (χ3n) is 6.57. The molecule has 0 bridgehead atoms. The van der Waals surface area contributed by atoms with E-state index >= 15 is 0 Å². The fourth-order valence-corrected chi connectivity index (χ4v) is 4.64. The SMILES string of the molecule is COc1ccc(N=C(NC(=O)c2cccc(OC)c2)N2CCN(C3CCCCC3)CC2)cc1. The molecule has 1 aliphatic heterocycles. The Kier molecular flexibility index (Phi) is 7.83. The number of rotatable bonds is 5. The van der Waals surface area contributed by atoms with Gasteiger partial charge in [-0.3, -0.25) is 15.0 Å². The average molecular weight is 451 g/mol. The number of hydrogen-bond acceptors (Lipinski definition) is 5. The molecule has 2 fully saturated rings. The van der Waals surface area contributed by atoms with E-state index < -0.39 is 0 Å². The normalized spacial score (nSPS) is 18.1. The van der Waals surface area contributed by atoms with Crippen LogP contribution in [-0.2, 0) is 0 Å². The first-order chi connectivity index (χ1) is 16.2. The molecule has 0 unspecified atom stereocenters. The monoisotopic (exact) mass is 450 g/mol. The van der Waals surface area contributed by atoms with Gasteiger partial charge in [-0.2, -0.15) is 0 Å². The molecule has 0 radical (unpaired) electrons. The maximum absolute atomic E-state index is 13.1. The van der Waals surface area contributed by atoms with Crippen molar-refractivity contribution < 1.29 is 14.3 Å². The Morgan fingerprint density at radius 3 is 2.27 bits per heavy atom. The minimum atomic E-state index is -0.198. The molecule has 4 rings (SSSR count). The predicted octanol–water partition coefficient (Wildman–Crippen LogP) is 4.07. The lowest BCUT2D eigenvalue weighted by Gasteiger charge is -2.41. The summed E-state index contributed by atoms with van der Waals surface area (Å²) in [5.74, 6) is 1.81. The molecule has 1 aliphatic carbocycles. The molecule has 176 valence electrons. The van der Waals surface area contributed by atoms with Crippen LogP contribution >= 0.6 is 0 Å². The number of ether oxygens (including phenoxy) is 2. The molecular formula is C26H34N4O3. The van der Waals surface area contributed by atoms with Crippen molar-refractivity contribution in [2.45, 2.75) is 38.1 Å². The lowest BCUT2D eigenvalue weighted by molar-refractivity contribution is 0.0943. The molecule has 0 aromatic heterocycles. The summed E-state index contributed by atoms with van der Waals surface area (Å²) in [5.41, 5.74) is 1.31. The van der Waals surface area contributed by atoms with E-state index in [1.807, 2.05) is 36.4 Å². The van der Waals surface area contributed by atoms with E-state index in [-0.39, 0.29) is 5.91 Å². The summed E-state index contributed by atoms with van der Waals surface area (Å²) in [6, 6.07) is 15.4. The molecule has 33 heavy (non-hydrogen) atoms. The van der Waals surface area contributed by atoms with Crippen LogP contribution in [0.1, 0.15) is 42.5 Å². The number of amides is 1. The van der Waals surface area contributed by atoms with Crippen molar-refractivity contribution in [2.75, 3.05) is 40.4 Å². The summed E-state index contributed by atoms with van der Waals surface area (Å²) < 4.78 is 10.5. The summed E-state index contributed by atoms with van der Waals surface area (Å²) in [4.78, 5) is 22.7. The van der Waals surface area contributed by atoms with Gasteiger partial charge in [0.05, 0.1) is 19.9 Å². The number of benzene rings is 2. The summed E-state index contributed by atoms with van der Waals surface area (Å²) in [5, 5.41) is 3.06. The molecule has 0 atom stereocenters. The van der Waals surface area contributed by atoms with Gasteiger partial charge in [0.1, 0.15) is 11.5 Å². The highest BCUT2D eigenvalue weighted by atomic mass is 16.5. The third-order valence-corrected chi connectivity index (χ3v) is 6.57. The number of aliphatic imine (C=N–C) groups is 1. The summed E-state index contributed by atoms with van der Waals surface area (Å²) >= 11 is 0. The molecule has 1 heterocycles. The zero-order valence-corrected chi connectivity index (χ0v) is 19.6. The molecule has 7 heteroatoms. The molecule has 1 saturated heterocycles. The summed E-state index contributed by atoms with van der Waals surface area (Å²) in [7, 11) is 3.24. The number of methoxy groups -OCH3 is 2. The zero-order chi connectivity index (χ0) is 23.0. The van der Waals surface area contributed by atoms with Crippen LogP contribution in [0.4, 0.5) is 5.69 Å². The van der Waals surface area contributed by atoms with Gasteiger partial charge in [-0.15, -0.1) is 0 Å². The number of hydrogen-bond donors (Lipinski definition) is 1. The van der Waals surface area contributed by atoms with E-state index in [1.54, 1.807) is 26.4 Å². The maximum Gasteiger partial charge on any atom is 0.258 e. The summed E-state index contributed by atoms with van der Waals surface area (Å²) in [6.07, 6.45) is 6.65. The van der Waals surface area contributed by atoms with Crippen molar-refractivity contribution in [3.8, 4) is 11.5 Å². The van der Waals surface area contributed by atoms with Gasteiger partial charge in [-0.25, -0.2) is 4.99 Å². The Bertz CT molecular complexity index is 946. The lowest BCUT2D eigenvalue weighted by atomic mass is 9.94. The van der Waals surface area contributed by atoms with Crippen LogP contribution in [0.2, 0.25) is 0 Å².